The first-order valence-electron chi connectivity index (χ1n) is 7.90. The number of nitrogens with zero attached hydrogens (tertiary/aromatic N) is 1. The summed E-state index contributed by atoms with van der Waals surface area (Å²) in [6.45, 7) is 4.51. The van der Waals surface area contributed by atoms with Gasteiger partial charge in [0.1, 0.15) is 5.70 Å². The van der Waals surface area contributed by atoms with Crippen LogP contribution in [0.15, 0.2) is 57.7 Å². The molecule has 0 radical (unpaired) electrons. The Morgan fingerprint density at radius 2 is 1.81 bits per heavy atom. The fraction of sp³-hybridized carbons (Fsp3) is 0.222. The fourth-order valence-corrected chi connectivity index (χ4v) is 4.73. The van der Waals surface area contributed by atoms with Gasteiger partial charge >= 0.3 is 5.97 Å². The number of fused-ring (bicyclic) bond motifs is 1. The second-order valence-electron chi connectivity index (χ2n) is 5.99. The second kappa shape index (κ2) is 6.45. The van der Waals surface area contributed by atoms with Crippen LogP contribution in [0, 0.1) is 0 Å². The van der Waals surface area contributed by atoms with Gasteiger partial charge in [0.15, 0.2) is 11.5 Å². The Morgan fingerprint density at radius 1 is 1.12 bits per heavy atom. The maximum atomic E-state index is 13.0. The molecule has 0 amide bonds. The van der Waals surface area contributed by atoms with E-state index < -0.39 is 27.8 Å². The van der Waals surface area contributed by atoms with Crippen LogP contribution in [0.4, 0.5) is 0 Å². The van der Waals surface area contributed by atoms with Gasteiger partial charge in [-0.2, -0.15) is 0 Å². The highest BCUT2D eigenvalue weighted by atomic mass is 32.2. The molecular weight excluding hydrogens is 358 g/mol. The third-order valence-electron chi connectivity index (χ3n) is 3.82. The highest BCUT2D eigenvalue weighted by Gasteiger charge is 2.41. The monoisotopic (exact) mass is 375 g/mol. The summed E-state index contributed by atoms with van der Waals surface area (Å²) in [4.78, 5) is 24.6. The highest BCUT2D eigenvalue weighted by molar-refractivity contribution is 7.89. The van der Waals surface area contributed by atoms with Crippen molar-refractivity contribution < 1.29 is 27.2 Å². The molecule has 0 saturated heterocycles. The molecule has 136 valence electrons. The topological polar surface area (TPSA) is 93.9 Å². The van der Waals surface area contributed by atoms with Crippen LogP contribution >= 0.6 is 0 Å². The summed E-state index contributed by atoms with van der Waals surface area (Å²) in [6, 6.07) is 8.48. The van der Waals surface area contributed by atoms with Crippen LogP contribution in [0.3, 0.4) is 0 Å². The Balaban J connectivity index is 2.26. The molecule has 0 fully saturated rings. The maximum absolute atomic E-state index is 13.0. The smallest absolute Gasteiger partial charge is 0.379 e. The van der Waals surface area contributed by atoms with Crippen LogP contribution in [-0.2, 0) is 19.6 Å². The molecule has 3 rings (SSSR count). The SMILES string of the molecule is CC(=O)C1=C(OC(=O)c2ccco2)c2ccccc2S(=O)(=O)N1C(C)C. The Kier molecular flexibility index (Phi) is 4.45. The Hall–Kier alpha value is -2.87. The van der Waals surface area contributed by atoms with Gasteiger partial charge in [-0.25, -0.2) is 13.2 Å². The standard InChI is InChI=1S/C18H17NO6S/c1-11(2)19-16(12(3)20)17(25-18(21)14-8-6-10-24-14)13-7-4-5-9-15(13)26(19,22)23/h4-11H,1-3H3. The van der Waals surface area contributed by atoms with Crippen molar-refractivity contribution in [3.05, 3.63) is 59.7 Å². The summed E-state index contributed by atoms with van der Waals surface area (Å²) >= 11 is 0. The van der Waals surface area contributed by atoms with Crippen molar-refractivity contribution in [1.82, 2.24) is 4.31 Å². The molecule has 0 saturated carbocycles. The van der Waals surface area contributed by atoms with Crippen LogP contribution in [0.5, 0.6) is 0 Å². The zero-order valence-corrected chi connectivity index (χ0v) is 15.2. The second-order valence-corrected chi connectivity index (χ2v) is 7.77. The molecule has 7 nitrogen and oxygen atoms in total. The normalized spacial score (nSPS) is 15.8. The quantitative estimate of drug-likeness (QED) is 0.763. The Bertz CT molecular complexity index is 1000. The van der Waals surface area contributed by atoms with E-state index in [9.17, 15) is 18.0 Å². The third-order valence-corrected chi connectivity index (χ3v) is 5.86. The number of sulfonamides is 1. The van der Waals surface area contributed by atoms with Gasteiger partial charge in [-0.3, -0.25) is 9.10 Å². The predicted octanol–water partition coefficient (Wildman–Crippen LogP) is 2.81. The minimum atomic E-state index is -3.96. The number of allylic oxidation sites excluding steroid dienone is 1. The van der Waals surface area contributed by atoms with Crippen molar-refractivity contribution >= 4 is 27.5 Å². The minimum Gasteiger partial charge on any atom is -0.457 e. The van der Waals surface area contributed by atoms with Crippen molar-refractivity contribution in [2.24, 2.45) is 0 Å². The van der Waals surface area contributed by atoms with E-state index in [-0.39, 0.29) is 27.7 Å². The van der Waals surface area contributed by atoms with Crippen LogP contribution in [-0.4, -0.2) is 30.5 Å². The number of benzene rings is 1. The molecule has 1 aliphatic heterocycles. The molecule has 26 heavy (non-hydrogen) atoms. The molecule has 8 heteroatoms. The van der Waals surface area contributed by atoms with Gasteiger partial charge < -0.3 is 9.15 Å². The average Bonchev–Trinajstić information content (AvgIpc) is 3.11. The lowest BCUT2D eigenvalue weighted by Gasteiger charge is -2.34. The number of hydrogen-bond donors (Lipinski definition) is 0. The van der Waals surface area contributed by atoms with E-state index in [1.807, 2.05) is 0 Å². The number of carbonyl (C=O) groups excluding carboxylic acids is 2. The summed E-state index contributed by atoms with van der Waals surface area (Å²) in [5, 5.41) is 0. The summed E-state index contributed by atoms with van der Waals surface area (Å²) in [5.41, 5.74) is -0.0203. The van der Waals surface area contributed by atoms with E-state index in [0.717, 1.165) is 4.31 Å². The van der Waals surface area contributed by atoms with E-state index in [0.29, 0.717) is 0 Å². The van der Waals surface area contributed by atoms with Crippen LogP contribution in [0.1, 0.15) is 36.9 Å². The van der Waals surface area contributed by atoms with Gasteiger partial charge in [0, 0.05) is 18.5 Å². The zero-order chi connectivity index (χ0) is 19.1. The molecule has 2 heterocycles. The lowest BCUT2D eigenvalue weighted by Crippen LogP contribution is -2.42. The number of hydrogen-bond acceptors (Lipinski definition) is 6. The van der Waals surface area contributed by atoms with Crippen LogP contribution in [0.25, 0.3) is 5.76 Å². The van der Waals surface area contributed by atoms with Crippen LogP contribution < -0.4 is 0 Å². The van der Waals surface area contributed by atoms with Crippen LogP contribution in [0.2, 0.25) is 0 Å². The van der Waals surface area contributed by atoms with Crippen molar-refractivity contribution in [3.63, 3.8) is 0 Å². The van der Waals surface area contributed by atoms with E-state index in [4.69, 9.17) is 9.15 Å². The average molecular weight is 375 g/mol. The van der Waals surface area contributed by atoms with Gasteiger partial charge in [0.25, 0.3) is 10.0 Å². The number of carbonyl (C=O) groups is 2. The number of ketones is 1. The van der Waals surface area contributed by atoms with Crippen molar-refractivity contribution in [3.8, 4) is 0 Å². The lowest BCUT2D eigenvalue weighted by molar-refractivity contribution is -0.114. The molecule has 1 aromatic carbocycles. The van der Waals surface area contributed by atoms with Gasteiger partial charge in [-0.05, 0) is 38.1 Å². The Labute approximate surface area is 150 Å². The molecule has 0 unspecified atom stereocenters. The summed E-state index contributed by atoms with van der Waals surface area (Å²) < 4.78 is 37.4. The predicted molar refractivity (Wildman–Crippen MR) is 92.3 cm³/mol. The number of ether oxygens (including phenoxy) is 1. The zero-order valence-electron chi connectivity index (χ0n) is 14.4. The van der Waals surface area contributed by atoms with Gasteiger partial charge in [0.05, 0.1) is 11.2 Å². The van der Waals surface area contributed by atoms with Gasteiger partial charge in [0.2, 0.25) is 5.76 Å². The summed E-state index contributed by atoms with van der Waals surface area (Å²) in [7, 11) is -3.96. The minimum absolute atomic E-state index is 0.0269. The summed E-state index contributed by atoms with van der Waals surface area (Å²) in [5.74, 6) is -1.50. The highest BCUT2D eigenvalue weighted by Crippen LogP contribution is 2.39. The molecule has 1 aliphatic rings. The molecule has 0 spiro atoms. The molecule has 1 aromatic heterocycles. The van der Waals surface area contributed by atoms with E-state index >= 15 is 0 Å². The largest absolute Gasteiger partial charge is 0.457 e. The number of furan rings is 1. The van der Waals surface area contributed by atoms with Crippen molar-refractivity contribution in [2.75, 3.05) is 0 Å². The first-order chi connectivity index (χ1) is 12.2. The first-order valence-corrected chi connectivity index (χ1v) is 9.34. The van der Waals surface area contributed by atoms with E-state index in [1.54, 1.807) is 26.0 Å². The number of rotatable bonds is 4. The number of Topliss-reactive ketones (excluding diaryl/α,β-unsaturated/α-hetero) is 1. The fourth-order valence-electron chi connectivity index (χ4n) is 2.82. The lowest BCUT2D eigenvalue weighted by atomic mass is 10.1. The third kappa shape index (κ3) is 2.82. The molecule has 0 atom stereocenters. The molecule has 0 bridgehead atoms. The summed E-state index contributed by atoms with van der Waals surface area (Å²) in [6.07, 6.45) is 1.32. The van der Waals surface area contributed by atoms with Gasteiger partial charge in [-0.1, -0.05) is 12.1 Å². The van der Waals surface area contributed by atoms with E-state index in [2.05, 4.69) is 0 Å². The first kappa shape index (κ1) is 17.9. The van der Waals surface area contributed by atoms with Gasteiger partial charge in [-0.15, -0.1) is 0 Å². The molecule has 0 aliphatic carbocycles. The van der Waals surface area contributed by atoms with Crippen molar-refractivity contribution in [1.29, 1.82) is 0 Å². The van der Waals surface area contributed by atoms with E-state index in [1.165, 1.54) is 37.5 Å². The number of esters is 1. The molecular formula is C18H17NO6S. The van der Waals surface area contributed by atoms with Crippen molar-refractivity contribution in [2.45, 2.75) is 31.7 Å². The Morgan fingerprint density at radius 3 is 2.38 bits per heavy atom. The molecule has 2 aromatic rings. The maximum Gasteiger partial charge on any atom is 0.379 e. The molecule has 0 N–H and O–H groups in total.